The van der Waals surface area contributed by atoms with Crippen molar-refractivity contribution in [3.8, 4) is 11.4 Å². The van der Waals surface area contributed by atoms with Crippen molar-refractivity contribution in [2.75, 3.05) is 6.54 Å². The summed E-state index contributed by atoms with van der Waals surface area (Å²) in [6.07, 6.45) is 0.912. The number of carbonyl (C=O) groups is 1. The molecule has 0 saturated heterocycles. The van der Waals surface area contributed by atoms with E-state index < -0.39 is 5.76 Å². The maximum Gasteiger partial charge on any atom is 0.439 e. The van der Waals surface area contributed by atoms with Gasteiger partial charge in [0.15, 0.2) is 5.82 Å². The minimum Gasteiger partial charge on any atom is -0.343 e. The molecule has 140 valence electrons. The Labute approximate surface area is 160 Å². The van der Waals surface area contributed by atoms with Gasteiger partial charge in [-0.05, 0) is 36.1 Å². The SMILES string of the molecule is O=C(c1ccc(-c2noc(=O)[nH]2)cc1)N1CCCn2c(cc3ccccc32)C1. The number of para-hydroxylation sites is 1. The number of benzene rings is 2. The van der Waals surface area contributed by atoms with Crippen LogP contribution in [0.3, 0.4) is 0 Å². The number of aromatic amines is 1. The van der Waals surface area contributed by atoms with Gasteiger partial charge in [0.05, 0.1) is 6.54 Å². The van der Waals surface area contributed by atoms with Crippen LogP contribution in [0.15, 0.2) is 63.9 Å². The van der Waals surface area contributed by atoms with Crippen LogP contribution in [0, 0.1) is 0 Å². The topological polar surface area (TPSA) is 84.1 Å². The summed E-state index contributed by atoms with van der Waals surface area (Å²) in [5, 5.41) is 4.87. The van der Waals surface area contributed by atoms with Crippen molar-refractivity contribution in [3.05, 3.63) is 76.4 Å². The molecule has 0 saturated carbocycles. The molecular weight excluding hydrogens is 356 g/mol. The van der Waals surface area contributed by atoms with E-state index in [2.05, 4.69) is 37.4 Å². The summed E-state index contributed by atoms with van der Waals surface area (Å²) in [5.41, 5.74) is 3.68. The highest BCUT2D eigenvalue weighted by Gasteiger charge is 2.21. The highest BCUT2D eigenvalue weighted by Crippen LogP contribution is 2.25. The molecule has 0 bridgehead atoms. The van der Waals surface area contributed by atoms with Crippen LogP contribution in [-0.4, -0.2) is 32.1 Å². The molecule has 5 rings (SSSR count). The van der Waals surface area contributed by atoms with E-state index in [4.69, 9.17) is 0 Å². The van der Waals surface area contributed by atoms with Crippen LogP contribution in [0.1, 0.15) is 22.5 Å². The fourth-order valence-corrected chi connectivity index (χ4v) is 3.84. The molecule has 1 aliphatic rings. The van der Waals surface area contributed by atoms with Crippen LogP contribution < -0.4 is 5.76 Å². The van der Waals surface area contributed by atoms with E-state index in [1.54, 1.807) is 24.3 Å². The molecule has 2 aromatic heterocycles. The van der Waals surface area contributed by atoms with Crippen molar-refractivity contribution >= 4 is 16.8 Å². The van der Waals surface area contributed by atoms with Crippen LogP contribution in [0.25, 0.3) is 22.3 Å². The quantitative estimate of drug-likeness (QED) is 0.584. The van der Waals surface area contributed by atoms with Gasteiger partial charge in [0, 0.05) is 35.4 Å². The molecule has 0 radical (unpaired) electrons. The third-order valence-corrected chi connectivity index (χ3v) is 5.19. The lowest BCUT2D eigenvalue weighted by molar-refractivity contribution is 0.0746. The first-order chi connectivity index (χ1) is 13.7. The Morgan fingerprint density at radius 2 is 1.89 bits per heavy atom. The van der Waals surface area contributed by atoms with Crippen LogP contribution in [0.4, 0.5) is 0 Å². The minimum absolute atomic E-state index is 0.00102. The van der Waals surface area contributed by atoms with Gasteiger partial charge < -0.3 is 9.47 Å². The number of carbonyl (C=O) groups excluding carboxylic acids is 1. The lowest BCUT2D eigenvalue weighted by Crippen LogP contribution is -2.30. The predicted octanol–water partition coefficient (Wildman–Crippen LogP) is 3.03. The predicted molar refractivity (Wildman–Crippen MR) is 104 cm³/mol. The lowest BCUT2D eigenvalue weighted by Gasteiger charge is -2.20. The molecule has 1 aliphatic heterocycles. The fourth-order valence-electron chi connectivity index (χ4n) is 3.84. The van der Waals surface area contributed by atoms with E-state index in [-0.39, 0.29) is 5.91 Å². The molecule has 1 amide bonds. The van der Waals surface area contributed by atoms with Gasteiger partial charge in [-0.3, -0.25) is 14.3 Å². The van der Waals surface area contributed by atoms with Crippen molar-refractivity contribution in [3.63, 3.8) is 0 Å². The normalized spacial score (nSPS) is 14.1. The smallest absolute Gasteiger partial charge is 0.343 e. The van der Waals surface area contributed by atoms with Crippen LogP contribution >= 0.6 is 0 Å². The van der Waals surface area contributed by atoms with Crippen molar-refractivity contribution < 1.29 is 9.32 Å². The summed E-state index contributed by atoms with van der Waals surface area (Å²) in [7, 11) is 0. The van der Waals surface area contributed by atoms with E-state index in [1.807, 2.05) is 17.0 Å². The monoisotopic (exact) mass is 374 g/mol. The molecule has 7 heteroatoms. The van der Waals surface area contributed by atoms with Gasteiger partial charge in [-0.1, -0.05) is 35.5 Å². The number of hydrogen-bond acceptors (Lipinski definition) is 4. The van der Waals surface area contributed by atoms with Gasteiger partial charge in [-0.15, -0.1) is 0 Å². The summed E-state index contributed by atoms with van der Waals surface area (Å²) >= 11 is 0. The number of fused-ring (bicyclic) bond motifs is 3. The molecule has 7 nitrogen and oxygen atoms in total. The Bertz CT molecular complexity index is 1220. The minimum atomic E-state index is -0.602. The summed E-state index contributed by atoms with van der Waals surface area (Å²) in [6.45, 7) is 2.21. The summed E-state index contributed by atoms with van der Waals surface area (Å²) in [6, 6.07) is 17.5. The molecule has 1 N–H and O–H groups in total. The molecule has 2 aromatic carbocycles. The number of aromatic nitrogens is 3. The Hall–Kier alpha value is -3.61. The first-order valence-corrected chi connectivity index (χ1v) is 9.22. The third kappa shape index (κ3) is 2.81. The largest absolute Gasteiger partial charge is 0.439 e. The van der Waals surface area contributed by atoms with Crippen molar-refractivity contribution in [2.24, 2.45) is 0 Å². The van der Waals surface area contributed by atoms with Gasteiger partial charge in [-0.25, -0.2) is 4.79 Å². The van der Waals surface area contributed by atoms with Crippen molar-refractivity contribution in [1.29, 1.82) is 0 Å². The number of rotatable bonds is 2. The van der Waals surface area contributed by atoms with E-state index in [1.165, 1.54) is 10.9 Å². The van der Waals surface area contributed by atoms with Crippen molar-refractivity contribution in [2.45, 2.75) is 19.5 Å². The van der Waals surface area contributed by atoms with Gasteiger partial charge in [0.25, 0.3) is 5.91 Å². The Balaban J connectivity index is 1.41. The standard InChI is InChI=1S/C21H18N4O3/c26-20(15-8-6-14(7-9-15)19-22-21(27)28-23-19)24-10-3-11-25-17(13-24)12-16-4-1-2-5-18(16)25/h1-2,4-9,12H,3,10-11,13H2,(H,22,23,27). The van der Waals surface area contributed by atoms with Gasteiger partial charge in [0.2, 0.25) is 0 Å². The average Bonchev–Trinajstić information content (AvgIpc) is 3.24. The molecule has 0 unspecified atom stereocenters. The summed E-state index contributed by atoms with van der Waals surface area (Å²) in [5.74, 6) is -0.253. The van der Waals surface area contributed by atoms with E-state index in [9.17, 15) is 9.59 Å². The lowest BCUT2D eigenvalue weighted by atomic mass is 10.1. The Morgan fingerprint density at radius 1 is 1.07 bits per heavy atom. The molecule has 4 aromatic rings. The molecule has 0 fully saturated rings. The number of amides is 1. The maximum atomic E-state index is 13.1. The zero-order valence-corrected chi connectivity index (χ0v) is 15.1. The summed E-state index contributed by atoms with van der Waals surface area (Å²) < 4.78 is 6.84. The Morgan fingerprint density at radius 3 is 2.68 bits per heavy atom. The highest BCUT2D eigenvalue weighted by atomic mass is 16.5. The number of hydrogen-bond donors (Lipinski definition) is 1. The highest BCUT2D eigenvalue weighted by molar-refractivity contribution is 5.94. The second-order valence-electron chi connectivity index (χ2n) is 6.95. The average molecular weight is 374 g/mol. The second-order valence-corrected chi connectivity index (χ2v) is 6.95. The van der Waals surface area contributed by atoms with E-state index in [0.29, 0.717) is 30.0 Å². The molecule has 28 heavy (non-hydrogen) atoms. The number of H-pyrrole nitrogens is 1. The fraction of sp³-hybridized carbons (Fsp3) is 0.190. The molecular formula is C21H18N4O3. The Kier molecular flexibility index (Phi) is 3.86. The molecule has 0 spiro atoms. The number of nitrogens with zero attached hydrogens (tertiary/aromatic N) is 3. The van der Waals surface area contributed by atoms with Crippen molar-refractivity contribution in [1.82, 2.24) is 19.6 Å². The third-order valence-electron chi connectivity index (χ3n) is 5.19. The zero-order chi connectivity index (χ0) is 19.1. The zero-order valence-electron chi connectivity index (χ0n) is 15.1. The van der Waals surface area contributed by atoms with Gasteiger partial charge >= 0.3 is 5.76 Å². The maximum absolute atomic E-state index is 13.1. The second kappa shape index (κ2) is 6.53. The van der Waals surface area contributed by atoms with Crippen LogP contribution in [0.2, 0.25) is 0 Å². The van der Waals surface area contributed by atoms with Gasteiger partial charge in [0.1, 0.15) is 0 Å². The number of aryl methyl sites for hydroxylation is 1. The van der Waals surface area contributed by atoms with Crippen LogP contribution in [0.5, 0.6) is 0 Å². The molecule has 0 atom stereocenters. The molecule has 3 heterocycles. The van der Waals surface area contributed by atoms with E-state index in [0.717, 1.165) is 18.7 Å². The van der Waals surface area contributed by atoms with Crippen LogP contribution in [-0.2, 0) is 13.1 Å². The summed E-state index contributed by atoms with van der Waals surface area (Å²) in [4.78, 5) is 28.5. The number of nitrogens with one attached hydrogen (secondary N) is 1. The first-order valence-electron chi connectivity index (χ1n) is 9.22. The van der Waals surface area contributed by atoms with E-state index >= 15 is 0 Å². The van der Waals surface area contributed by atoms with Gasteiger partial charge in [-0.2, -0.15) is 0 Å². The molecule has 0 aliphatic carbocycles. The first kappa shape index (κ1) is 16.6.